The van der Waals surface area contributed by atoms with Crippen molar-refractivity contribution in [3.8, 4) is 11.5 Å². The van der Waals surface area contributed by atoms with Gasteiger partial charge in [-0.25, -0.2) is 4.98 Å². The van der Waals surface area contributed by atoms with Crippen LogP contribution in [0, 0.1) is 20.8 Å². The van der Waals surface area contributed by atoms with Gasteiger partial charge >= 0.3 is 0 Å². The summed E-state index contributed by atoms with van der Waals surface area (Å²) in [6.45, 7) is 27.1. The summed E-state index contributed by atoms with van der Waals surface area (Å²) in [7, 11) is 0. The highest BCUT2D eigenvalue weighted by Gasteiger charge is 2.37. The predicted molar refractivity (Wildman–Crippen MR) is 266 cm³/mol. The van der Waals surface area contributed by atoms with Crippen LogP contribution in [0.3, 0.4) is 0 Å². The van der Waals surface area contributed by atoms with Crippen molar-refractivity contribution in [3.05, 3.63) is 173 Å². The van der Waals surface area contributed by atoms with E-state index in [1.165, 1.54) is 49.8 Å². The smallest absolute Gasteiger partial charge is 0.247 e. The fraction of sp³-hybridized carbons (Fsp3) is 0.268. The number of benzene rings is 6. The van der Waals surface area contributed by atoms with Gasteiger partial charge in [0.15, 0.2) is 0 Å². The van der Waals surface area contributed by atoms with E-state index in [0.717, 1.165) is 51.4 Å². The van der Waals surface area contributed by atoms with Crippen molar-refractivity contribution >= 4 is 63.0 Å². The fourth-order valence-corrected chi connectivity index (χ4v) is 9.01. The maximum Gasteiger partial charge on any atom is 0.247 e. The Morgan fingerprint density at radius 1 is 0.516 bits per heavy atom. The Hall–Kier alpha value is -6.27. The minimum Gasteiger partial charge on any atom is -0.457 e. The number of hydrogen-bond donors (Lipinski definition) is 2. The van der Waals surface area contributed by atoms with E-state index < -0.39 is 0 Å². The second-order valence-corrected chi connectivity index (χ2v) is 20.2. The van der Waals surface area contributed by atoms with Gasteiger partial charge < -0.3 is 15.4 Å². The van der Waals surface area contributed by atoms with Crippen LogP contribution < -0.4 is 36.7 Å². The molecule has 5 nitrogen and oxygen atoms in total. The Morgan fingerprint density at radius 2 is 1.15 bits per heavy atom. The quantitative estimate of drug-likeness (QED) is 0.150. The molecule has 0 spiro atoms. The van der Waals surface area contributed by atoms with Gasteiger partial charge in [-0.05, 0) is 119 Å². The van der Waals surface area contributed by atoms with Crippen LogP contribution in [-0.4, -0.2) is 11.7 Å². The summed E-state index contributed by atoms with van der Waals surface area (Å²) in [4.78, 5) is 7.35. The Labute approximate surface area is 370 Å². The molecule has 62 heavy (non-hydrogen) atoms. The third kappa shape index (κ3) is 8.61. The van der Waals surface area contributed by atoms with Crippen LogP contribution in [0.5, 0.6) is 11.5 Å². The van der Waals surface area contributed by atoms with Gasteiger partial charge in [-0.15, -0.1) is 0 Å². The van der Waals surface area contributed by atoms with Gasteiger partial charge in [0.2, 0.25) is 6.71 Å². The number of aromatic nitrogens is 1. The first-order chi connectivity index (χ1) is 29.3. The van der Waals surface area contributed by atoms with Gasteiger partial charge in [-0.1, -0.05) is 151 Å². The minimum absolute atomic E-state index is 0.0288. The second kappa shape index (κ2) is 16.2. The van der Waals surface area contributed by atoms with Gasteiger partial charge in [0.05, 0.1) is 11.4 Å². The van der Waals surface area contributed by atoms with E-state index in [2.05, 4.69) is 220 Å². The topological polar surface area (TPSA) is 49.4 Å². The van der Waals surface area contributed by atoms with E-state index in [4.69, 9.17) is 9.72 Å². The Balaban J connectivity index is 1.16. The van der Waals surface area contributed by atoms with Crippen molar-refractivity contribution < 1.29 is 4.74 Å². The molecule has 0 unspecified atom stereocenters. The zero-order chi connectivity index (χ0) is 44.1. The molecule has 2 N–H and O–H groups in total. The summed E-state index contributed by atoms with van der Waals surface area (Å²) in [5.74, 6) is 2.38. The molecule has 6 aromatic carbocycles. The Kier molecular flexibility index (Phi) is 11.1. The number of aryl methyl sites for hydroxylation is 3. The van der Waals surface area contributed by atoms with E-state index in [-0.39, 0.29) is 23.0 Å². The number of para-hydroxylation sites is 3. The lowest BCUT2D eigenvalue weighted by Crippen LogP contribution is -2.58. The molecule has 0 aliphatic carbocycles. The molecule has 1 aromatic heterocycles. The minimum atomic E-state index is -0.0399. The summed E-state index contributed by atoms with van der Waals surface area (Å²) < 4.78 is 6.80. The van der Waals surface area contributed by atoms with E-state index in [1.807, 2.05) is 18.3 Å². The number of nitrogens with zero attached hydrogens (tertiary/aromatic N) is 2. The molecule has 314 valence electrons. The van der Waals surface area contributed by atoms with Gasteiger partial charge in [-0.2, -0.15) is 0 Å². The highest BCUT2D eigenvalue weighted by atomic mass is 16.5. The summed E-state index contributed by atoms with van der Waals surface area (Å²) in [6.07, 6.45) is 1.94. The van der Waals surface area contributed by atoms with Crippen LogP contribution in [0.25, 0.3) is 0 Å². The van der Waals surface area contributed by atoms with Crippen LogP contribution in [0.4, 0.5) is 39.9 Å². The average Bonchev–Trinajstić information content (AvgIpc) is 3.20. The molecule has 0 atom stereocenters. The molecule has 7 aromatic rings. The number of pyridine rings is 1. The first-order valence-corrected chi connectivity index (χ1v) is 22.0. The lowest BCUT2D eigenvalue weighted by atomic mass is 9.34. The normalized spacial score (nSPS) is 12.8. The lowest BCUT2D eigenvalue weighted by molar-refractivity contribution is 0.483. The molecule has 2 heterocycles. The first-order valence-electron chi connectivity index (χ1n) is 22.0. The predicted octanol–water partition coefficient (Wildman–Crippen LogP) is 13.5. The molecule has 0 radical (unpaired) electrons. The number of hydrogen-bond acceptors (Lipinski definition) is 5. The highest BCUT2D eigenvalue weighted by Crippen LogP contribution is 2.41. The van der Waals surface area contributed by atoms with Crippen LogP contribution in [0.15, 0.2) is 140 Å². The molecule has 1 aliphatic heterocycles. The number of nitrogens with one attached hydrogen (secondary N) is 2. The molecule has 0 bridgehead atoms. The first kappa shape index (κ1) is 42.4. The SMILES string of the molecule is Cc1cc(C)c(B2c3ccccc3N(c3cc(C(C)(C)C)ccn3)c3cc(Oc4cccc(Nc5ccccc5Nc5cc(C(C)(C)C)ccc5C(C)(C)C)c4)ccc32)c(C)c1. The maximum absolute atomic E-state index is 6.80. The van der Waals surface area contributed by atoms with E-state index in [1.54, 1.807) is 0 Å². The number of ether oxygens (including phenoxy) is 1. The van der Waals surface area contributed by atoms with E-state index in [0.29, 0.717) is 0 Å². The monoisotopic (exact) mass is 816 g/mol. The van der Waals surface area contributed by atoms with Gasteiger partial charge in [0.1, 0.15) is 17.3 Å². The molecule has 8 rings (SSSR count). The van der Waals surface area contributed by atoms with Crippen molar-refractivity contribution in [2.45, 2.75) is 99.3 Å². The van der Waals surface area contributed by atoms with E-state index >= 15 is 0 Å². The molecule has 0 amide bonds. The summed E-state index contributed by atoms with van der Waals surface area (Å²) in [5, 5.41) is 7.53. The number of rotatable bonds is 8. The second-order valence-electron chi connectivity index (χ2n) is 20.2. The number of fused-ring (bicyclic) bond motifs is 2. The van der Waals surface area contributed by atoms with Crippen LogP contribution in [0.2, 0.25) is 0 Å². The van der Waals surface area contributed by atoms with Crippen LogP contribution in [-0.2, 0) is 16.2 Å². The maximum atomic E-state index is 6.80. The van der Waals surface area contributed by atoms with Crippen molar-refractivity contribution in [2.24, 2.45) is 0 Å². The lowest BCUT2D eigenvalue weighted by Gasteiger charge is -2.37. The summed E-state index contributed by atoms with van der Waals surface area (Å²) >= 11 is 0. The summed E-state index contributed by atoms with van der Waals surface area (Å²) in [6, 6.07) is 47.9. The molecule has 1 aliphatic rings. The van der Waals surface area contributed by atoms with Crippen LogP contribution >= 0.6 is 0 Å². The number of anilines is 7. The van der Waals surface area contributed by atoms with Gasteiger partial charge in [0.25, 0.3) is 0 Å². The van der Waals surface area contributed by atoms with Crippen molar-refractivity contribution in [2.75, 3.05) is 15.5 Å². The zero-order valence-electron chi connectivity index (χ0n) is 38.7. The van der Waals surface area contributed by atoms with E-state index in [9.17, 15) is 0 Å². The third-order valence-corrected chi connectivity index (χ3v) is 12.1. The average molecular weight is 817 g/mol. The fourth-order valence-electron chi connectivity index (χ4n) is 9.01. The molecule has 0 saturated carbocycles. The standard InChI is InChI=1S/C56H61BN4O/c1-36-30-37(2)53(38(3)31-36)57-45-20-13-16-23-50(45)61(52-33-40(28-29-58-52)55(7,8)9)51-35-43(25-27-46(51)57)62-42-19-17-18-41(34-42)59-47-21-14-15-22-48(47)60-49-32-39(54(4,5)6)24-26-44(49)56(10,11)12/h13-35,59-60H,1-12H3. The zero-order valence-corrected chi connectivity index (χ0v) is 38.7. The van der Waals surface area contributed by atoms with Gasteiger partial charge in [-0.3, -0.25) is 4.90 Å². The molecule has 6 heteroatoms. The molecular formula is C56H61BN4O. The molecule has 0 fully saturated rings. The molecular weight excluding hydrogens is 755 g/mol. The Bertz CT molecular complexity index is 2760. The highest BCUT2D eigenvalue weighted by molar-refractivity contribution is 6.98. The summed E-state index contributed by atoms with van der Waals surface area (Å²) in [5.41, 5.74) is 17.7. The Morgan fingerprint density at radius 3 is 1.84 bits per heavy atom. The van der Waals surface area contributed by atoms with Crippen molar-refractivity contribution in [3.63, 3.8) is 0 Å². The molecule has 0 saturated heterocycles. The largest absolute Gasteiger partial charge is 0.457 e. The van der Waals surface area contributed by atoms with Crippen molar-refractivity contribution in [1.29, 1.82) is 0 Å². The van der Waals surface area contributed by atoms with Gasteiger partial charge in [0, 0.05) is 41.1 Å². The van der Waals surface area contributed by atoms with Crippen LogP contribution in [0.1, 0.15) is 95.7 Å². The van der Waals surface area contributed by atoms with Crippen molar-refractivity contribution in [1.82, 2.24) is 4.98 Å². The third-order valence-electron chi connectivity index (χ3n) is 12.1.